The molecule has 0 aromatic carbocycles. The van der Waals surface area contributed by atoms with Crippen molar-refractivity contribution in [2.45, 2.75) is 38.2 Å². The van der Waals surface area contributed by atoms with Crippen molar-refractivity contribution < 1.29 is 24.9 Å². The van der Waals surface area contributed by atoms with Crippen LogP contribution >= 0.6 is 0 Å². The van der Waals surface area contributed by atoms with E-state index in [1.807, 2.05) is 0 Å². The number of aliphatic hydroxyl groups excluding tert-OH is 2. The van der Waals surface area contributed by atoms with Crippen LogP contribution in [0, 0.1) is 0 Å². The first-order valence-corrected chi connectivity index (χ1v) is 6.25. The predicted octanol–water partition coefficient (Wildman–Crippen LogP) is -1.66. The van der Waals surface area contributed by atoms with E-state index in [2.05, 4.69) is 9.97 Å². The number of hydrogen-bond acceptors (Lipinski definition) is 8. The van der Waals surface area contributed by atoms with E-state index in [0.29, 0.717) is 0 Å². The van der Waals surface area contributed by atoms with Gasteiger partial charge in [-0.05, 0) is 0 Å². The molecule has 10 nitrogen and oxygen atoms in total. The van der Waals surface area contributed by atoms with E-state index in [1.54, 1.807) is 6.92 Å². The van der Waals surface area contributed by atoms with E-state index >= 15 is 0 Å². The summed E-state index contributed by atoms with van der Waals surface area (Å²) in [6.45, 7) is 1.30. The normalized spacial score (nSPS) is 24.2. The number of aliphatic hydroxyl groups is 2. The fraction of sp³-hybridized carbons (Fsp3) is 0.636. The second-order valence-corrected chi connectivity index (χ2v) is 4.27. The third-order valence-corrected chi connectivity index (χ3v) is 2.74. The molecule has 0 aliphatic carbocycles. The summed E-state index contributed by atoms with van der Waals surface area (Å²) >= 11 is 0. The van der Waals surface area contributed by atoms with Crippen molar-refractivity contribution in [1.29, 1.82) is 0 Å². The van der Waals surface area contributed by atoms with Crippen molar-refractivity contribution in [3.8, 4) is 0 Å². The molecule has 21 heavy (non-hydrogen) atoms. The van der Waals surface area contributed by atoms with Crippen LogP contribution in [0.15, 0.2) is 11.1 Å². The van der Waals surface area contributed by atoms with Crippen molar-refractivity contribution in [1.82, 2.24) is 14.5 Å². The van der Waals surface area contributed by atoms with Crippen molar-refractivity contribution in [3.63, 3.8) is 0 Å². The summed E-state index contributed by atoms with van der Waals surface area (Å²) in [5.74, 6) is -0.858. The second kappa shape index (κ2) is 7.67. The molecule has 1 aliphatic rings. The van der Waals surface area contributed by atoms with Gasteiger partial charge in [-0.15, -0.1) is 0 Å². The van der Waals surface area contributed by atoms with Gasteiger partial charge in [-0.2, -0.15) is 4.98 Å². The van der Waals surface area contributed by atoms with Crippen LogP contribution in [0.1, 0.15) is 26.0 Å². The molecule has 10 heteroatoms. The molecule has 0 bridgehead atoms. The Balaban J connectivity index is 0.000000383. The van der Waals surface area contributed by atoms with Gasteiger partial charge in [0.2, 0.25) is 5.95 Å². The van der Waals surface area contributed by atoms with Gasteiger partial charge in [-0.3, -0.25) is 9.36 Å². The lowest BCUT2D eigenvalue weighted by atomic mass is 10.2. The van der Waals surface area contributed by atoms with E-state index in [4.69, 9.17) is 20.7 Å². The zero-order chi connectivity index (χ0) is 16.0. The number of aromatic nitrogens is 3. The Morgan fingerprint density at radius 3 is 2.67 bits per heavy atom. The Morgan fingerprint density at radius 2 is 2.24 bits per heavy atom. The fourth-order valence-corrected chi connectivity index (χ4v) is 1.60. The smallest absolute Gasteiger partial charge is 0.354 e. The third kappa shape index (κ3) is 4.77. The molecular weight excluding hydrogens is 284 g/mol. The molecule has 0 amide bonds. The van der Waals surface area contributed by atoms with E-state index < -0.39 is 30.1 Å². The summed E-state index contributed by atoms with van der Waals surface area (Å²) in [5.41, 5.74) is 4.65. The van der Waals surface area contributed by atoms with Gasteiger partial charge in [-0.1, -0.05) is 6.92 Å². The molecule has 3 atom stereocenters. The van der Waals surface area contributed by atoms with Gasteiger partial charge in [0.25, 0.3) is 0 Å². The highest BCUT2D eigenvalue weighted by Gasteiger charge is 2.35. The Morgan fingerprint density at radius 1 is 1.62 bits per heavy atom. The summed E-state index contributed by atoms with van der Waals surface area (Å²) in [6, 6.07) is 0. The van der Waals surface area contributed by atoms with E-state index in [-0.39, 0.29) is 25.4 Å². The van der Waals surface area contributed by atoms with Gasteiger partial charge in [0.15, 0.2) is 0 Å². The number of anilines is 1. The number of nitrogens with zero attached hydrogens (tertiary/aromatic N) is 3. The zero-order valence-electron chi connectivity index (χ0n) is 11.4. The minimum atomic E-state index is -0.806. The van der Waals surface area contributed by atoms with Crippen LogP contribution in [0.4, 0.5) is 5.95 Å². The van der Waals surface area contributed by atoms with Gasteiger partial charge in [0.1, 0.15) is 18.7 Å². The monoisotopic (exact) mass is 302 g/mol. The van der Waals surface area contributed by atoms with Crippen LogP contribution in [0.25, 0.3) is 0 Å². The standard InChI is InChI=1S/C8H12N4O4.C3H6O2/c9-7-10-3-12(8(15)11-7)6-1-4(14)5(2-13)16-6;1-2-3(4)5/h3-6,13-14H,1-2H2,(H2,9,11,15);2H2,1H3,(H,4,5)/t4-,5+,6+;/m0./s1. The van der Waals surface area contributed by atoms with Crippen molar-refractivity contribution >= 4 is 11.9 Å². The van der Waals surface area contributed by atoms with Gasteiger partial charge >= 0.3 is 11.7 Å². The minimum absolute atomic E-state index is 0.112. The maximum atomic E-state index is 11.4. The number of carboxylic acid groups (broad SMARTS) is 1. The molecule has 0 spiro atoms. The van der Waals surface area contributed by atoms with Crippen LogP contribution in [0.2, 0.25) is 0 Å². The number of rotatable bonds is 3. The number of hydrogen-bond donors (Lipinski definition) is 4. The van der Waals surface area contributed by atoms with Crippen molar-refractivity contribution in [2.75, 3.05) is 12.3 Å². The number of nitrogen functional groups attached to an aromatic ring is 1. The second-order valence-electron chi connectivity index (χ2n) is 4.27. The summed E-state index contributed by atoms with van der Waals surface area (Å²) in [6.07, 6.45) is -0.519. The molecule has 0 radical (unpaired) electrons. The van der Waals surface area contributed by atoms with Gasteiger partial charge in [0.05, 0.1) is 12.7 Å². The van der Waals surface area contributed by atoms with Gasteiger partial charge in [0, 0.05) is 12.8 Å². The SMILES string of the molecule is CCC(=O)O.Nc1ncn([C@H]2C[C@H](O)[C@@H](CO)O2)c(=O)n1. The molecular formula is C11H18N4O6. The first-order valence-electron chi connectivity index (χ1n) is 6.25. The van der Waals surface area contributed by atoms with E-state index in [1.165, 1.54) is 6.33 Å². The molecule has 1 saturated heterocycles. The molecule has 5 N–H and O–H groups in total. The minimum Gasteiger partial charge on any atom is -0.481 e. The molecule has 0 unspecified atom stereocenters. The summed E-state index contributed by atoms with van der Waals surface area (Å²) < 4.78 is 6.41. The molecule has 118 valence electrons. The first-order chi connectivity index (χ1) is 9.88. The Kier molecular flexibility index (Phi) is 6.21. The Bertz CT molecular complexity index is 534. The first kappa shape index (κ1) is 17.0. The zero-order valence-corrected chi connectivity index (χ0v) is 11.4. The van der Waals surface area contributed by atoms with Crippen molar-refractivity contribution in [3.05, 3.63) is 16.8 Å². The highest BCUT2D eigenvalue weighted by atomic mass is 16.5. The van der Waals surface area contributed by atoms with Crippen LogP contribution in [0.3, 0.4) is 0 Å². The Hall–Kier alpha value is -2.04. The topological polar surface area (TPSA) is 161 Å². The molecule has 1 aliphatic heterocycles. The summed E-state index contributed by atoms with van der Waals surface area (Å²) in [4.78, 5) is 27.9. The average Bonchev–Trinajstić information content (AvgIpc) is 2.80. The number of aliphatic carboxylic acids is 1. The van der Waals surface area contributed by atoms with Gasteiger partial charge < -0.3 is 25.8 Å². The lowest BCUT2D eigenvalue weighted by Crippen LogP contribution is -2.28. The molecule has 1 fully saturated rings. The highest BCUT2D eigenvalue weighted by molar-refractivity contribution is 5.66. The number of nitrogens with two attached hydrogens (primary N) is 1. The molecule has 1 aromatic heterocycles. The number of carbonyl (C=O) groups is 1. The summed E-state index contributed by atoms with van der Waals surface area (Å²) in [7, 11) is 0. The van der Waals surface area contributed by atoms with Crippen LogP contribution in [-0.4, -0.2) is 54.6 Å². The molecule has 1 aromatic rings. The third-order valence-electron chi connectivity index (χ3n) is 2.74. The molecule has 2 rings (SSSR count). The summed E-state index contributed by atoms with van der Waals surface area (Å²) in [5, 5.41) is 26.1. The molecule has 2 heterocycles. The predicted molar refractivity (Wildman–Crippen MR) is 70.3 cm³/mol. The van der Waals surface area contributed by atoms with E-state index in [9.17, 15) is 14.7 Å². The van der Waals surface area contributed by atoms with Gasteiger partial charge in [-0.25, -0.2) is 9.78 Å². The average molecular weight is 302 g/mol. The fourth-order valence-electron chi connectivity index (χ4n) is 1.60. The van der Waals surface area contributed by atoms with E-state index in [0.717, 1.165) is 4.57 Å². The van der Waals surface area contributed by atoms with Crippen LogP contribution in [-0.2, 0) is 9.53 Å². The van der Waals surface area contributed by atoms with Crippen LogP contribution < -0.4 is 11.4 Å². The molecule has 0 saturated carbocycles. The maximum Gasteiger partial charge on any atom is 0.354 e. The lowest BCUT2D eigenvalue weighted by Gasteiger charge is -2.13. The van der Waals surface area contributed by atoms with Crippen molar-refractivity contribution in [2.24, 2.45) is 0 Å². The number of ether oxygens (including phenoxy) is 1. The maximum absolute atomic E-state index is 11.4. The largest absolute Gasteiger partial charge is 0.481 e. The highest BCUT2D eigenvalue weighted by Crippen LogP contribution is 2.26. The number of carboxylic acids is 1. The quantitative estimate of drug-likeness (QED) is 0.512. The van der Waals surface area contributed by atoms with Crippen LogP contribution in [0.5, 0.6) is 0 Å². The Labute approximate surface area is 119 Å². The lowest BCUT2D eigenvalue weighted by molar-refractivity contribution is -0.136.